The maximum absolute atomic E-state index is 12.9. The zero-order chi connectivity index (χ0) is 23.7. The second kappa shape index (κ2) is 9.24. The number of amides is 1. The average molecular weight is 465 g/mol. The molecule has 1 aliphatic carbocycles. The molecule has 7 heteroatoms. The number of esters is 1. The number of fused-ring (bicyclic) bond motifs is 1. The van der Waals surface area contributed by atoms with E-state index in [4.69, 9.17) is 20.8 Å². The molecule has 0 bridgehead atoms. The number of nitrogens with one attached hydrogen (secondary N) is 1. The van der Waals surface area contributed by atoms with E-state index in [9.17, 15) is 9.59 Å². The first-order valence-corrected chi connectivity index (χ1v) is 11.2. The number of benzene rings is 2. The van der Waals surface area contributed by atoms with E-state index < -0.39 is 5.97 Å². The van der Waals surface area contributed by atoms with Gasteiger partial charge in [-0.25, -0.2) is 10.2 Å². The number of ether oxygens (including phenoxy) is 1. The number of halogens is 1. The first kappa shape index (κ1) is 22.8. The number of hydrogen-bond acceptors (Lipinski definition) is 5. The van der Waals surface area contributed by atoms with Gasteiger partial charge >= 0.3 is 5.97 Å². The standard InChI is InChI=1S/C26H25ClN2O4/c1-14-8-10-18(11-9-14)25(30)29-28-20-6-5-7-21-22(20)17(4)24(33-21)26(31)32-19-12-15(2)23(27)16(3)13-19/h8-13H,5-7H2,1-4H3,(H,29,30)/b28-20+. The van der Waals surface area contributed by atoms with E-state index in [-0.39, 0.29) is 11.7 Å². The van der Waals surface area contributed by atoms with Crippen LogP contribution >= 0.6 is 11.6 Å². The van der Waals surface area contributed by atoms with Crippen LogP contribution in [0.4, 0.5) is 0 Å². The molecule has 1 heterocycles. The summed E-state index contributed by atoms with van der Waals surface area (Å²) in [6.45, 7) is 7.49. The molecule has 4 rings (SSSR count). The predicted octanol–water partition coefficient (Wildman–Crippen LogP) is 5.86. The summed E-state index contributed by atoms with van der Waals surface area (Å²) in [6, 6.07) is 10.7. The van der Waals surface area contributed by atoms with Crippen molar-refractivity contribution in [3.05, 3.63) is 86.3 Å². The summed E-state index contributed by atoms with van der Waals surface area (Å²) in [5.74, 6) is 0.365. The summed E-state index contributed by atoms with van der Waals surface area (Å²) in [7, 11) is 0. The number of carbonyl (C=O) groups is 2. The highest BCUT2D eigenvalue weighted by molar-refractivity contribution is 6.32. The SMILES string of the molecule is Cc1ccc(C(=O)N/N=C2\CCCc3oc(C(=O)Oc4cc(C)c(Cl)c(C)c4)c(C)c32)cc1. The molecule has 1 N–H and O–H groups in total. The number of rotatable bonds is 4. The molecule has 0 unspecified atom stereocenters. The van der Waals surface area contributed by atoms with Crippen LogP contribution in [0.3, 0.4) is 0 Å². The van der Waals surface area contributed by atoms with E-state index in [2.05, 4.69) is 10.5 Å². The lowest BCUT2D eigenvalue weighted by atomic mass is 9.93. The fourth-order valence-electron chi connectivity index (χ4n) is 3.98. The number of furan rings is 1. The van der Waals surface area contributed by atoms with Gasteiger partial charge in [0.2, 0.25) is 5.76 Å². The lowest BCUT2D eigenvalue weighted by molar-refractivity contribution is 0.0698. The van der Waals surface area contributed by atoms with Crippen molar-refractivity contribution in [2.24, 2.45) is 5.10 Å². The Labute approximate surface area is 197 Å². The lowest BCUT2D eigenvalue weighted by Crippen LogP contribution is -2.22. The van der Waals surface area contributed by atoms with Crippen molar-refractivity contribution in [1.82, 2.24) is 5.43 Å². The Kier molecular flexibility index (Phi) is 6.38. The molecule has 0 aliphatic heterocycles. The van der Waals surface area contributed by atoms with Gasteiger partial charge in [0, 0.05) is 28.1 Å². The zero-order valence-corrected chi connectivity index (χ0v) is 19.8. The Hall–Kier alpha value is -3.38. The molecule has 0 fully saturated rings. The highest BCUT2D eigenvalue weighted by atomic mass is 35.5. The molecule has 6 nitrogen and oxygen atoms in total. The summed E-state index contributed by atoms with van der Waals surface area (Å²) in [5, 5.41) is 5.01. The largest absolute Gasteiger partial charge is 0.453 e. The van der Waals surface area contributed by atoms with Crippen molar-refractivity contribution < 1.29 is 18.7 Å². The smallest absolute Gasteiger partial charge is 0.379 e. The number of aryl methyl sites for hydroxylation is 4. The van der Waals surface area contributed by atoms with E-state index in [0.29, 0.717) is 46.2 Å². The van der Waals surface area contributed by atoms with Crippen LogP contribution in [-0.4, -0.2) is 17.6 Å². The summed E-state index contributed by atoms with van der Waals surface area (Å²) in [4.78, 5) is 25.4. The second-order valence-electron chi connectivity index (χ2n) is 8.33. The second-order valence-corrected chi connectivity index (χ2v) is 8.71. The normalized spacial score (nSPS) is 14.2. The van der Waals surface area contributed by atoms with Gasteiger partial charge in [0.15, 0.2) is 0 Å². The molecule has 0 saturated carbocycles. The van der Waals surface area contributed by atoms with E-state index in [1.165, 1.54) is 0 Å². The molecule has 0 radical (unpaired) electrons. The van der Waals surface area contributed by atoms with Gasteiger partial charge in [-0.1, -0.05) is 29.3 Å². The van der Waals surface area contributed by atoms with Gasteiger partial charge < -0.3 is 9.15 Å². The summed E-state index contributed by atoms with van der Waals surface area (Å²) >= 11 is 6.21. The summed E-state index contributed by atoms with van der Waals surface area (Å²) < 4.78 is 11.5. The van der Waals surface area contributed by atoms with Crippen LogP contribution in [0.25, 0.3) is 0 Å². The van der Waals surface area contributed by atoms with E-state index in [1.807, 2.05) is 32.9 Å². The number of carbonyl (C=O) groups excluding carboxylic acids is 2. The molecular weight excluding hydrogens is 440 g/mol. The third-order valence-corrected chi connectivity index (χ3v) is 6.33. The summed E-state index contributed by atoms with van der Waals surface area (Å²) in [5.41, 5.74) is 8.00. The minimum absolute atomic E-state index is 0.143. The summed E-state index contributed by atoms with van der Waals surface area (Å²) in [6.07, 6.45) is 2.17. The third kappa shape index (κ3) is 4.71. The molecule has 1 aromatic heterocycles. The Morgan fingerprint density at radius 2 is 1.70 bits per heavy atom. The fourth-order valence-corrected chi connectivity index (χ4v) is 4.09. The van der Waals surface area contributed by atoms with Crippen LogP contribution in [0.15, 0.2) is 45.9 Å². The van der Waals surface area contributed by atoms with Crippen molar-refractivity contribution in [1.29, 1.82) is 0 Å². The van der Waals surface area contributed by atoms with Crippen LogP contribution in [0.1, 0.15) is 67.3 Å². The van der Waals surface area contributed by atoms with Gasteiger partial charge in [-0.15, -0.1) is 0 Å². The Morgan fingerprint density at radius 1 is 1.03 bits per heavy atom. The number of hydrogen-bond donors (Lipinski definition) is 1. The van der Waals surface area contributed by atoms with E-state index in [0.717, 1.165) is 28.7 Å². The highest BCUT2D eigenvalue weighted by Gasteiger charge is 2.29. The molecule has 3 aromatic rings. The molecule has 1 aliphatic rings. The monoisotopic (exact) mass is 464 g/mol. The van der Waals surface area contributed by atoms with Gasteiger partial charge in [0.05, 0.1) is 5.71 Å². The first-order valence-electron chi connectivity index (χ1n) is 10.8. The number of nitrogens with zero attached hydrogens (tertiary/aromatic N) is 1. The highest BCUT2D eigenvalue weighted by Crippen LogP contribution is 2.31. The molecule has 33 heavy (non-hydrogen) atoms. The molecular formula is C26H25ClN2O4. The topological polar surface area (TPSA) is 80.9 Å². The Morgan fingerprint density at radius 3 is 2.36 bits per heavy atom. The van der Waals surface area contributed by atoms with Crippen LogP contribution in [0, 0.1) is 27.7 Å². The number of hydrazone groups is 1. The first-order chi connectivity index (χ1) is 15.7. The fraction of sp³-hybridized carbons (Fsp3) is 0.269. The van der Waals surface area contributed by atoms with Gasteiger partial charge in [0.25, 0.3) is 5.91 Å². The molecule has 0 spiro atoms. The van der Waals surface area contributed by atoms with Gasteiger partial charge in [-0.2, -0.15) is 5.10 Å². The Bertz CT molecular complexity index is 1250. The van der Waals surface area contributed by atoms with Crippen LogP contribution in [-0.2, 0) is 6.42 Å². The van der Waals surface area contributed by atoms with Crippen molar-refractivity contribution in [3.63, 3.8) is 0 Å². The van der Waals surface area contributed by atoms with Crippen molar-refractivity contribution in [2.45, 2.75) is 47.0 Å². The van der Waals surface area contributed by atoms with Crippen molar-refractivity contribution in [3.8, 4) is 5.75 Å². The van der Waals surface area contributed by atoms with Crippen LogP contribution in [0.5, 0.6) is 5.75 Å². The zero-order valence-electron chi connectivity index (χ0n) is 19.0. The quantitative estimate of drug-likeness (QED) is 0.298. The molecule has 1 amide bonds. The van der Waals surface area contributed by atoms with E-state index in [1.54, 1.807) is 31.2 Å². The molecule has 2 aromatic carbocycles. The maximum Gasteiger partial charge on any atom is 0.379 e. The van der Waals surface area contributed by atoms with Crippen molar-refractivity contribution in [2.75, 3.05) is 0 Å². The van der Waals surface area contributed by atoms with Gasteiger partial charge in [-0.3, -0.25) is 4.79 Å². The molecule has 0 atom stereocenters. The lowest BCUT2D eigenvalue weighted by Gasteiger charge is -2.13. The van der Waals surface area contributed by atoms with Crippen LogP contribution < -0.4 is 10.2 Å². The molecule has 0 saturated heterocycles. The predicted molar refractivity (Wildman–Crippen MR) is 127 cm³/mol. The van der Waals surface area contributed by atoms with Crippen molar-refractivity contribution >= 4 is 29.2 Å². The van der Waals surface area contributed by atoms with Crippen LogP contribution in [0.2, 0.25) is 5.02 Å². The minimum Gasteiger partial charge on any atom is -0.453 e. The van der Waals surface area contributed by atoms with E-state index >= 15 is 0 Å². The molecule has 170 valence electrons. The maximum atomic E-state index is 12.9. The van der Waals surface area contributed by atoms with Gasteiger partial charge in [-0.05, 0) is 75.9 Å². The van der Waals surface area contributed by atoms with Gasteiger partial charge in [0.1, 0.15) is 11.5 Å². The minimum atomic E-state index is -0.578. The third-order valence-electron chi connectivity index (χ3n) is 5.74. The Balaban J connectivity index is 1.57. The average Bonchev–Trinajstić information content (AvgIpc) is 3.13.